The van der Waals surface area contributed by atoms with Gasteiger partial charge in [0.05, 0.1) is 13.2 Å². The Kier molecular flexibility index (Phi) is 4.03. The van der Waals surface area contributed by atoms with Gasteiger partial charge < -0.3 is 15.4 Å². The average Bonchev–Trinajstić information content (AvgIpc) is 2.96. The van der Waals surface area contributed by atoms with Crippen molar-refractivity contribution in [3.05, 3.63) is 48.3 Å². The molecule has 5 unspecified atom stereocenters. The van der Waals surface area contributed by atoms with Crippen molar-refractivity contribution >= 4 is 17.3 Å². The molecule has 0 amide bonds. The maximum Gasteiger partial charge on any atom is 0.135 e. The molecule has 140 valence electrons. The maximum atomic E-state index is 5.21. The Labute approximate surface area is 160 Å². The van der Waals surface area contributed by atoms with Crippen LogP contribution >= 0.6 is 0 Å². The summed E-state index contributed by atoms with van der Waals surface area (Å²) in [5.74, 6) is 5.75. The van der Waals surface area contributed by atoms with E-state index in [1.54, 1.807) is 19.0 Å². The molecule has 0 radical (unpaired) electrons. The van der Waals surface area contributed by atoms with Crippen LogP contribution in [0.15, 0.2) is 48.3 Å². The van der Waals surface area contributed by atoms with Crippen molar-refractivity contribution in [1.29, 1.82) is 0 Å². The number of nitrogens with one attached hydrogen (secondary N) is 2. The molecule has 5 rings (SSSR count). The van der Waals surface area contributed by atoms with Crippen LogP contribution < -0.4 is 15.4 Å². The number of nitrogens with zero attached hydrogens (tertiary/aromatic N) is 2. The zero-order valence-electron chi connectivity index (χ0n) is 15.9. The van der Waals surface area contributed by atoms with E-state index in [0.717, 1.165) is 40.8 Å². The van der Waals surface area contributed by atoms with E-state index >= 15 is 0 Å². The first kappa shape index (κ1) is 16.6. The van der Waals surface area contributed by atoms with E-state index in [1.165, 1.54) is 19.3 Å². The third-order valence-corrected chi connectivity index (χ3v) is 6.44. The van der Waals surface area contributed by atoms with E-state index in [1.807, 2.05) is 30.3 Å². The van der Waals surface area contributed by atoms with Gasteiger partial charge in [-0.1, -0.05) is 13.0 Å². The number of hydrogen-bond donors (Lipinski definition) is 2. The summed E-state index contributed by atoms with van der Waals surface area (Å²) in [5.41, 5.74) is 2.60. The highest BCUT2D eigenvalue weighted by molar-refractivity contribution is 5.60. The lowest BCUT2D eigenvalue weighted by molar-refractivity contribution is 0.284. The fourth-order valence-electron chi connectivity index (χ4n) is 5.31. The number of fused-ring (bicyclic) bond motifs is 1. The van der Waals surface area contributed by atoms with E-state index in [4.69, 9.17) is 4.74 Å². The quantitative estimate of drug-likeness (QED) is 0.759. The van der Waals surface area contributed by atoms with Gasteiger partial charge in [0.15, 0.2) is 0 Å². The van der Waals surface area contributed by atoms with Gasteiger partial charge in [-0.3, -0.25) is 0 Å². The van der Waals surface area contributed by atoms with Crippen molar-refractivity contribution in [2.75, 3.05) is 17.7 Å². The summed E-state index contributed by atoms with van der Waals surface area (Å²) in [6.07, 6.45) is 8.28. The topological polar surface area (TPSA) is 59.1 Å². The van der Waals surface area contributed by atoms with Crippen LogP contribution in [0.25, 0.3) is 0 Å². The lowest BCUT2D eigenvalue weighted by atomic mass is 9.65. The normalized spacial score (nSPS) is 30.7. The molecule has 0 aliphatic heterocycles. The van der Waals surface area contributed by atoms with Crippen molar-refractivity contribution in [3.63, 3.8) is 0 Å². The van der Waals surface area contributed by atoms with Gasteiger partial charge in [0.25, 0.3) is 0 Å². The predicted octanol–water partition coefficient (Wildman–Crippen LogP) is 4.63. The summed E-state index contributed by atoms with van der Waals surface area (Å²) in [6.45, 7) is 2.36. The third kappa shape index (κ3) is 3.05. The Morgan fingerprint density at radius 3 is 2.67 bits per heavy atom. The molecule has 2 fully saturated rings. The highest BCUT2D eigenvalue weighted by Gasteiger charge is 2.52. The number of benzene rings is 1. The second kappa shape index (κ2) is 6.55. The minimum absolute atomic E-state index is 0.450. The lowest BCUT2D eigenvalue weighted by Crippen LogP contribution is -2.46. The van der Waals surface area contributed by atoms with E-state index in [9.17, 15) is 0 Å². The average molecular weight is 362 g/mol. The molecule has 3 aliphatic carbocycles. The highest BCUT2D eigenvalue weighted by Crippen LogP contribution is 2.57. The standard InChI is InChI=1S/C22H26N4O/c1-13-7-14-9-17-18(8-13)22(19(17)10-14)26-21-11-20(23-12-24-21)25-15-3-5-16(27-2)6-4-15/h3-6,8,11-14,17,19,22H,7,9-10H2,1-2H3,(H2,23,24,25,26). The molecular weight excluding hydrogens is 336 g/mol. The van der Waals surface area contributed by atoms with Gasteiger partial charge in [0, 0.05) is 11.8 Å². The van der Waals surface area contributed by atoms with Gasteiger partial charge in [0.1, 0.15) is 23.7 Å². The molecule has 3 aliphatic rings. The number of ether oxygens (including phenoxy) is 1. The number of hydrogen-bond acceptors (Lipinski definition) is 5. The van der Waals surface area contributed by atoms with Crippen LogP contribution in [-0.2, 0) is 0 Å². The van der Waals surface area contributed by atoms with Crippen molar-refractivity contribution in [1.82, 2.24) is 9.97 Å². The van der Waals surface area contributed by atoms with Crippen molar-refractivity contribution in [2.45, 2.75) is 32.2 Å². The Morgan fingerprint density at radius 2 is 1.85 bits per heavy atom. The molecule has 2 N–H and O–H groups in total. The molecule has 0 spiro atoms. The fraction of sp³-hybridized carbons (Fsp3) is 0.455. The van der Waals surface area contributed by atoms with Gasteiger partial charge in [-0.05, 0) is 72.8 Å². The largest absolute Gasteiger partial charge is 0.497 e. The summed E-state index contributed by atoms with van der Waals surface area (Å²) in [5, 5.41) is 7.03. The Bertz CT molecular complexity index is 863. The first-order chi connectivity index (χ1) is 13.2. The minimum atomic E-state index is 0.450. The zero-order chi connectivity index (χ0) is 18.4. The van der Waals surface area contributed by atoms with Crippen LogP contribution in [0.3, 0.4) is 0 Å². The van der Waals surface area contributed by atoms with Crippen LogP contribution in [0.2, 0.25) is 0 Å². The summed E-state index contributed by atoms with van der Waals surface area (Å²) in [6, 6.07) is 10.3. The minimum Gasteiger partial charge on any atom is -0.497 e. The molecule has 1 heterocycles. The zero-order valence-corrected chi connectivity index (χ0v) is 15.9. The Hall–Kier alpha value is -2.56. The number of allylic oxidation sites excluding steroid dienone is 1. The first-order valence-electron chi connectivity index (χ1n) is 9.91. The summed E-state index contributed by atoms with van der Waals surface area (Å²) in [7, 11) is 1.67. The number of methoxy groups -OCH3 is 1. The van der Waals surface area contributed by atoms with Gasteiger partial charge in [-0.15, -0.1) is 0 Å². The predicted molar refractivity (Wildman–Crippen MR) is 107 cm³/mol. The SMILES string of the molecule is COc1ccc(Nc2cc(NC3C4=CC(C)CC5CC4C3C5)ncn2)cc1. The summed E-state index contributed by atoms with van der Waals surface area (Å²) < 4.78 is 5.21. The van der Waals surface area contributed by atoms with Crippen LogP contribution in [0.5, 0.6) is 5.75 Å². The van der Waals surface area contributed by atoms with Crippen molar-refractivity contribution in [2.24, 2.45) is 23.7 Å². The smallest absolute Gasteiger partial charge is 0.135 e. The van der Waals surface area contributed by atoms with Crippen LogP contribution in [-0.4, -0.2) is 23.1 Å². The molecular formula is C22H26N4O. The summed E-state index contributed by atoms with van der Waals surface area (Å²) in [4.78, 5) is 8.82. The molecule has 2 bridgehead atoms. The van der Waals surface area contributed by atoms with E-state index in [2.05, 4.69) is 33.6 Å². The molecule has 1 aromatic carbocycles. The van der Waals surface area contributed by atoms with Crippen LogP contribution in [0.1, 0.15) is 26.2 Å². The van der Waals surface area contributed by atoms with Crippen LogP contribution in [0.4, 0.5) is 17.3 Å². The molecule has 27 heavy (non-hydrogen) atoms. The lowest BCUT2D eigenvalue weighted by Gasteiger charge is -2.45. The van der Waals surface area contributed by atoms with Crippen molar-refractivity contribution in [3.8, 4) is 5.75 Å². The van der Waals surface area contributed by atoms with Gasteiger partial charge >= 0.3 is 0 Å². The second-order valence-electron chi connectivity index (χ2n) is 8.25. The molecule has 2 saturated carbocycles. The fourth-order valence-corrected chi connectivity index (χ4v) is 5.31. The highest BCUT2D eigenvalue weighted by atomic mass is 16.5. The van der Waals surface area contributed by atoms with E-state index < -0.39 is 0 Å². The maximum absolute atomic E-state index is 5.21. The number of rotatable bonds is 5. The number of anilines is 3. The summed E-state index contributed by atoms with van der Waals surface area (Å²) >= 11 is 0. The Morgan fingerprint density at radius 1 is 1.04 bits per heavy atom. The molecule has 2 aromatic rings. The molecule has 5 nitrogen and oxygen atoms in total. The van der Waals surface area contributed by atoms with Gasteiger partial charge in [0.2, 0.25) is 0 Å². The number of aromatic nitrogens is 2. The monoisotopic (exact) mass is 362 g/mol. The Balaban J connectivity index is 1.31. The first-order valence-corrected chi connectivity index (χ1v) is 9.91. The second-order valence-corrected chi connectivity index (χ2v) is 8.25. The molecule has 1 aromatic heterocycles. The van der Waals surface area contributed by atoms with E-state index in [0.29, 0.717) is 12.0 Å². The third-order valence-electron chi connectivity index (χ3n) is 6.44. The molecule has 5 atom stereocenters. The van der Waals surface area contributed by atoms with Gasteiger partial charge in [-0.25, -0.2) is 9.97 Å². The van der Waals surface area contributed by atoms with Crippen molar-refractivity contribution < 1.29 is 4.74 Å². The van der Waals surface area contributed by atoms with Crippen LogP contribution in [0, 0.1) is 23.7 Å². The molecule has 0 saturated heterocycles. The van der Waals surface area contributed by atoms with Gasteiger partial charge in [-0.2, -0.15) is 0 Å². The molecule has 5 heteroatoms. The van der Waals surface area contributed by atoms with E-state index in [-0.39, 0.29) is 0 Å².